The number of hydrogen-bond donors (Lipinski definition) is 1. The number of aliphatic imine (C=N–C) groups is 1. The lowest BCUT2D eigenvalue weighted by atomic mass is 10.0. The zero-order valence-corrected chi connectivity index (χ0v) is 23.2. The first kappa shape index (κ1) is 30.9. The third-order valence-corrected chi connectivity index (χ3v) is 7.65. The summed E-state index contributed by atoms with van der Waals surface area (Å²) in [6.45, 7) is 9.90. The summed E-state index contributed by atoms with van der Waals surface area (Å²) in [6.07, 6.45) is 32.2. The van der Waals surface area contributed by atoms with Crippen LogP contribution in [0.1, 0.15) is 136 Å². The lowest BCUT2D eigenvalue weighted by molar-refractivity contribution is -0.934. The Balaban J connectivity index is 1.93. The lowest BCUT2D eigenvalue weighted by Gasteiger charge is -2.37. The third kappa shape index (κ3) is 15.0. The summed E-state index contributed by atoms with van der Waals surface area (Å²) in [5.41, 5.74) is 0. The minimum atomic E-state index is 0.0598. The van der Waals surface area contributed by atoms with Crippen molar-refractivity contribution in [3.8, 4) is 0 Å². The van der Waals surface area contributed by atoms with Crippen molar-refractivity contribution in [3.63, 3.8) is 0 Å². The number of rotatable bonds is 23. The van der Waals surface area contributed by atoms with Gasteiger partial charge in [0.15, 0.2) is 6.17 Å². The van der Waals surface area contributed by atoms with E-state index in [-0.39, 0.29) is 5.91 Å². The average Bonchev–Trinajstić information content (AvgIpc) is 3.23. The van der Waals surface area contributed by atoms with Crippen molar-refractivity contribution in [2.24, 2.45) is 4.99 Å². The standard InChI is InChI=1S/C30H57N3O/c1-4-6-7-8-9-10-11-12-13-14-15-16-17-18-19-20-21-22-23-24-30-32-26-28-33(30,5-2)27-25-31-29(3)34/h22-23,26,30H,4-21,24-25,27-28H2,1-3H3/p+1/b23-22+. The molecule has 1 heterocycles. The van der Waals surface area contributed by atoms with Gasteiger partial charge in [-0.2, -0.15) is 0 Å². The second-order valence-corrected chi connectivity index (χ2v) is 10.5. The molecule has 0 aromatic heterocycles. The normalized spacial score (nSPS) is 19.9. The summed E-state index contributed by atoms with van der Waals surface area (Å²) in [7, 11) is 0. The number of carbonyl (C=O) groups is 1. The molecule has 1 N–H and O–H groups in total. The molecule has 1 aliphatic heterocycles. The van der Waals surface area contributed by atoms with Crippen molar-refractivity contribution < 1.29 is 9.28 Å². The zero-order chi connectivity index (χ0) is 24.7. The summed E-state index contributed by atoms with van der Waals surface area (Å²) in [5.74, 6) is 0.0598. The van der Waals surface area contributed by atoms with Crippen LogP contribution in [0.4, 0.5) is 0 Å². The fourth-order valence-corrected chi connectivity index (χ4v) is 5.22. The lowest BCUT2D eigenvalue weighted by Crippen LogP contribution is -2.55. The SMILES string of the molecule is CCCCCCCCCCCCCCCCCC/C=C/CC1N=CC[N+]1(CC)CCNC(C)=O. The van der Waals surface area contributed by atoms with Gasteiger partial charge in [-0.25, -0.2) is 4.99 Å². The highest BCUT2D eigenvalue weighted by Crippen LogP contribution is 2.22. The molecule has 1 amide bonds. The van der Waals surface area contributed by atoms with Gasteiger partial charge in [-0.3, -0.25) is 9.28 Å². The monoisotopic (exact) mass is 476 g/mol. The smallest absolute Gasteiger partial charge is 0.217 e. The van der Waals surface area contributed by atoms with Gasteiger partial charge >= 0.3 is 0 Å². The average molecular weight is 477 g/mol. The Kier molecular flexibility index (Phi) is 19.2. The van der Waals surface area contributed by atoms with E-state index in [4.69, 9.17) is 4.99 Å². The Morgan fingerprint density at radius 2 is 1.38 bits per heavy atom. The van der Waals surface area contributed by atoms with Gasteiger partial charge < -0.3 is 5.32 Å². The number of hydrogen-bond acceptors (Lipinski definition) is 2. The molecule has 2 unspecified atom stereocenters. The molecule has 0 aromatic rings. The van der Waals surface area contributed by atoms with Crippen LogP contribution in [0.25, 0.3) is 0 Å². The van der Waals surface area contributed by atoms with Crippen LogP contribution >= 0.6 is 0 Å². The van der Waals surface area contributed by atoms with Crippen LogP contribution in [0.3, 0.4) is 0 Å². The Labute approximate surface area is 212 Å². The fourth-order valence-electron chi connectivity index (χ4n) is 5.22. The molecule has 198 valence electrons. The van der Waals surface area contributed by atoms with Gasteiger partial charge in [0.2, 0.25) is 5.91 Å². The number of likely N-dealkylation sites (N-methyl/N-ethyl adjacent to an activating group) is 1. The Hall–Kier alpha value is -1.16. The predicted molar refractivity (Wildman–Crippen MR) is 149 cm³/mol. The first-order valence-corrected chi connectivity index (χ1v) is 14.9. The van der Waals surface area contributed by atoms with E-state index in [9.17, 15) is 4.79 Å². The molecule has 0 saturated carbocycles. The van der Waals surface area contributed by atoms with E-state index >= 15 is 0 Å². The summed E-state index contributed by atoms with van der Waals surface area (Å²) in [4.78, 5) is 15.9. The largest absolute Gasteiger partial charge is 0.351 e. The summed E-state index contributed by atoms with van der Waals surface area (Å²) >= 11 is 0. The molecule has 1 rings (SSSR count). The number of amides is 1. The summed E-state index contributed by atoms with van der Waals surface area (Å²) < 4.78 is 0.976. The molecule has 1 aliphatic rings. The second kappa shape index (κ2) is 21.1. The van der Waals surface area contributed by atoms with Gasteiger partial charge in [-0.05, 0) is 19.8 Å². The highest BCUT2D eigenvalue weighted by atomic mass is 16.1. The molecular formula is C30H58N3O+. The maximum absolute atomic E-state index is 11.2. The highest BCUT2D eigenvalue weighted by molar-refractivity contribution is 5.72. The van der Waals surface area contributed by atoms with Crippen LogP contribution < -0.4 is 5.32 Å². The van der Waals surface area contributed by atoms with E-state index in [1.165, 1.54) is 109 Å². The summed E-state index contributed by atoms with van der Waals surface area (Å²) in [6, 6.07) is 0. The van der Waals surface area contributed by atoms with E-state index in [1.807, 2.05) is 0 Å². The number of carbonyl (C=O) groups excluding carboxylic acids is 1. The molecule has 0 aromatic carbocycles. The molecule has 0 bridgehead atoms. The Bertz CT molecular complexity index is 545. The molecule has 4 heteroatoms. The van der Waals surface area contributed by atoms with Crippen molar-refractivity contribution >= 4 is 12.1 Å². The van der Waals surface area contributed by atoms with Crippen molar-refractivity contribution in [1.82, 2.24) is 5.32 Å². The second-order valence-electron chi connectivity index (χ2n) is 10.5. The minimum absolute atomic E-state index is 0.0598. The Morgan fingerprint density at radius 1 is 0.853 bits per heavy atom. The number of nitrogens with zero attached hydrogens (tertiary/aromatic N) is 2. The number of unbranched alkanes of at least 4 members (excludes halogenated alkanes) is 16. The molecule has 0 saturated heterocycles. The van der Waals surface area contributed by atoms with E-state index in [0.717, 1.165) is 37.1 Å². The molecule has 4 nitrogen and oxygen atoms in total. The fraction of sp³-hybridized carbons (Fsp3) is 0.867. The Morgan fingerprint density at radius 3 is 1.88 bits per heavy atom. The zero-order valence-electron chi connectivity index (χ0n) is 23.2. The molecule has 0 spiro atoms. The van der Waals surface area contributed by atoms with E-state index in [1.54, 1.807) is 6.92 Å². The van der Waals surface area contributed by atoms with Crippen LogP contribution in [0, 0.1) is 0 Å². The quantitative estimate of drug-likeness (QED) is 0.0906. The molecule has 2 atom stereocenters. The van der Waals surface area contributed by atoms with E-state index < -0.39 is 0 Å². The predicted octanol–water partition coefficient (Wildman–Crippen LogP) is 7.97. The van der Waals surface area contributed by atoms with E-state index in [0.29, 0.717) is 6.17 Å². The number of allylic oxidation sites excluding steroid dienone is 1. The highest BCUT2D eigenvalue weighted by Gasteiger charge is 2.36. The van der Waals surface area contributed by atoms with Crippen LogP contribution in [0.2, 0.25) is 0 Å². The van der Waals surface area contributed by atoms with Crippen molar-refractivity contribution in [2.75, 3.05) is 26.2 Å². The minimum Gasteiger partial charge on any atom is -0.351 e. The van der Waals surface area contributed by atoms with Gasteiger partial charge in [0.25, 0.3) is 0 Å². The van der Waals surface area contributed by atoms with Crippen molar-refractivity contribution in [1.29, 1.82) is 0 Å². The van der Waals surface area contributed by atoms with Crippen LogP contribution in [-0.2, 0) is 4.79 Å². The number of nitrogens with one attached hydrogen (secondary N) is 1. The molecular weight excluding hydrogens is 418 g/mol. The van der Waals surface area contributed by atoms with Crippen LogP contribution in [-0.4, -0.2) is 48.9 Å². The van der Waals surface area contributed by atoms with Gasteiger partial charge in [0, 0.05) is 13.3 Å². The number of quaternary nitrogens is 1. The third-order valence-electron chi connectivity index (χ3n) is 7.65. The van der Waals surface area contributed by atoms with Gasteiger partial charge in [0.1, 0.15) is 6.54 Å². The molecule has 34 heavy (non-hydrogen) atoms. The molecule has 0 radical (unpaired) electrons. The van der Waals surface area contributed by atoms with E-state index in [2.05, 4.69) is 37.5 Å². The van der Waals surface area contributed by atoms with Crippen LogP contribution in [0.15, 0.2) is 17.1 Å². The van der Waals surface area contributed by atoms with Gasteiger partial charge in [-0.1, -0.05) is 115 Å². The van der Waals surface area contributed by atoms with Gasteiger partial charge in [-0.15, -0.1) is 0 Å². The van der Waals surface area contributed by atoms with Gasteiger partial charge in [0.05, 0.1) is 25.8 Å². The molecule has 0 aliphatic carbocycles. The maximum atomic E-state index is 11.2. The van der Waals surface area contributed by atoms with Crippen molar-refractivity contribution in [3.05, 3.63) is 12.2 Å². The molecule has 0 fully saturated rings. The maximum Gasteiger partial charge on any atom is 0.217 e. The first-order valence-electron chi connectivity index (χ1n) is 14.9. The van der Waals surface area contributed by atoms with Crippen molar-refractivity contribution in [2.45, 2.75) is 143 Å². The first-order chi connectivity index (χ1) is 16.6. The summed E-state index contributed by atoms with van der Waals surface area (Å²) in [5, 5.41) is 2.95. The van der Waals surface area contributed by atoms with Crippen LogP contribution in [0.5, 0.6) is 0 Å². The topological polar surface area (TPSA) is 41.5 Å².